The summed E-state index contributed by atoms with van der Waals surface area (Å²) >= 11 is 0. The molecule has 1 N–H and O–H groups in total. The van der Waals surface area contributed by atoms with Crippen molar-refractivity contribution in [2.75, 3.05) is 19.7 Å². The number of hydrogen-bond acceptors (Lipinski definition) is 2. The van der Waals surface area contributed by atoms with Crippen molar-refractivity contribution in [1.29, 1.82) is 0 Å². The molecule has 0 aliphatic heterocycles. The Morgan fingerprint density at radius 2 is 1.75 bits per heavy atom. The third-order valence-corrected chi connectivity index (χ3v) is 2.83. The van der Waals surface area contributed by atoms with Crippen molar-refractivity contribution in [2.24, 2.45) is 0 Å². The van der Waals surface area contributed by atoms with Gasteiger partial charge in [0.1, 0.15) is 12.4 Å². The fourth-order valence-electron chi connectivity index (χ4n) is 1.67. The van der Waals surface area contributed by atoms with Crippen LogP contribution in [-0.4, -0.2) is 19.7 Å². The number of nitrogens with one attached hydrogen (secondary N) is 1. The summed E-state index contributed by atoms with van der Waals surface area (Å²) in [5.74, 6) is 1.05. The van der Waals surface area contributed by atoms with E-state index in [1.54, 1.807) is 0 Å². The van der Waals surface area contributed by atoms with Crippen LogP contribution in [0.5, 0.6) is 5.75 Å². The average Bonchev–Trinajstić information content (AvgIpc) is 2.28. The highest BCUT2D eigenvalue weighted by atomic mass is 16.5. The first kappa shape index (κ1) is 13.0. The van der Waals surface area contributed by atoms with E-state index in [0.717, 1.165) is 25.4 Å². The van der Waals surface area contributed by atoms with Gasteiger partial charge < -0.3 is 10.1 Å². The summed E-state index contributed by atoms with van der Waals surface area (Å²) in [5, 5.41) is 3.33. The number of benzene rings is 1. The third kappa shape index (κ3) is 3.53. The van der Waals surface area contributed by atoms with Crippen molar-refractivity contribution in [3.63, 3.8) is 0 Å². The van der Waals surface area contributed by atoms with Crippen molar-refractivity contribution in [2.45, 2.75) is 34.1 Å². The first-order chi connectivity index (χ1) is 7.66. The topological polar surface area (TPSA) is 21.3 Å². The zero-order valence-corrected chi connectivity index (χ0v) is 10.9. The molecular formula is C14H23NO. The molecule has 0 aromatic heterocycles. The van der Waals surface area contributed by atoms with Gasteiger partial charge in [-0.05, 0) is 50.4 Å². The Labute approximate surface area is 99.0 Å². The second-order valence-corrected chi connectivity index (χ2v) is 4.25. The Bertz CT molecular complexity index is 334. The Hall–Kier alpha value is -1.02. The molecule has 16 heavy (non-hydrogen) atoms. The van der Waals surface area contributed by atoms with Crippen LogP contribution in [-0.2, 0) is 0 Å². The molecule has 0 bridgehead atoms. The van der Waals surface area contributed by atoms with Gasteiger partial charge in [-0.3, -0.25) is 0 Å². The fraction of sp³-hybridized carbons (Fsp3) is 0.571. The second-order valence-electron chi connectivity index (χ2n) is 4.25. The van der Waals surface area contributed by atoms with Crippen molar-refractivity contribution in [1.82, 2.24) is 5.32 Å². The maximum atomic E-state index is 5.83. The van der Waals surface area contributed by atoms with E-state index in [-0.39, 0.29) is 0 Å². The van der Waals surface area contributed by atoms with E-state index >= 15 is 0 Å². The average molecular weight is 221 g/mol. The molecule has 0 atom stereocenters. The van der Waals surface area contributed by atoms with Gasteiger partial charge in [-0.2, -0.15) is 0 Å². The number of ether oxygens (including phenoxy) is 1. The van der Waals surface area contributed by atoms with Gasteiger partial charge in [-0.25, -0.2) is 0 Å². The summed E-state index contributed by atoms with van der Waals surface area (Å²) in [5.41, 5.74) is 3.77. The molecule has 0 spiro atoms. The van der Waals surface area contributed by atoms with Gasteiger partial charge >= 0.3 is 0 Å². The van der Waals surface area contributed by atoms with Crippen LogP contribution in [0.15, 0.2) is 12.1 Å². The molecule has 1 aromatic carbocycles. The molecule has 0 saturated heterocycles. The van der Waals surface area contributed by atoms with Gasteiger partial charge in [0, 0.05) is 6.54 Å². The molecule has 0 heterocycles. The van der Waals surface area contributed by atoms with Crippen molar-refractivity contribution >= 4 is 0 Å². The predicted molar refractivity (Wildman–Crippen MR) is 69.3 cm³/mol. The van der Waals surface area contributed by atoms with Gasteiger partial charge in [-0.15, -0.1) is 0 Å². The minimum atomic E-state index is 0.741. The zero-order valence-electron chi connectivity index (χ0n) is 10.9. The van der Waals surface area contributed by atoms with E-state index in [0.29, 0.717) is 0 Å². The smallest absolute Gasteiger partial charge is 0.125 e. The first-order valence-electron chi connectivity index (χ1n) is 6.07. The largest absolute Gasteiger partial charge is 0.492 e. The maximum Gasteiger partial charge on any atom is 0.125 e. The molecule has 0 radical (unpaired) electrons. The Kier molecular flexibility index (Phi) is 5.33. The van der Waals surface area contributed by atoms with E-state index < -0.39 is 0 Å². The number of rotatable bonds is 6. The van der Waals surface area contributed by atoms with Gasteiger partial charge in [0.2, 0.25) is 0 Å². The molecule has 0 aliphatic carbocycles. The Balaban J connectivity index is 2.50. The van der Waals surface area contributed by atoms with Gasteiger partial charge in [-0.1, -0.05) is 19.1 Å². The summed E-state index contributed by atoms with van der Waals surface area (Å²) in [6, 6.07) is 4.27. The molecule has 0 unspecified atom stereocenters. The molecule has 2 heteroatoms. The van der Waals surface area contributed by atoms with Crippen LogP contribution in [0.1, 0.15) is 30.0 Å². The monoisotopic (exact) mass is 221 g/mol. The van der Waals surface area contributed by atoms with Crippen LogP contribution < -0.4 is 10.1 Å². The zero-order chi connectivity index (χ0) is 12.0. The summed E-state index contributed by atoms with van der Waals surface area (Å²) in [6.45, 7) is 11.2. The highest BCUT2D eigenvalue weighted by Gasteiger charge is 2.05. The van der Waals surface area contributed by atoms with E-state index in [9.17, 15) is 0 Å². The van der Waals surface area contributed by atoms with Crippen LogP contribution in [0.3, 0.4) is 0 Å². The van der Waals surface area contributed by atoms with E-state index in [1.807, 2.05) is 0 Å². The molecule has 1 aromatic rings. The number of hydrogen-bond donors (Lipinski definition) is 1. The van der Waals surface area contributed by atoms with E-state index in [1.165, 1.54) is 23.1 Å². The standard InChI is InChI=1S/C14H23NO/c1-5-8-15-9-10-16-14-12(3)7-6-11(2)13(14)4/h6-7,15H,5,8-10H2,1-4H3. The quantitative estimate of drug-likeness (QED) is 0.746. The molecule has 0 amide bonds. The van der Waals surface area contributed by atoms with Crippen molar-refractivity contribution < 1.29 is 4.74 Å². The number of aryl methyl sites for hydroxylation is 2. The predicted octanol–water partition coefficient (Wildman–Crippen LogP) is 2.99. The van der Waals surface area contributed by atoms with Crippen LogP contribution >= 0.6 is 0 Å². The lowest BCUT2D eigenvalue weighted by molar-refractivity contribution is 0.310. The minimum Gasteiger partial charge on any atom is -0.492 e. The third-order valence-electron chi connectivity index (χ3n) is 2.83. The molecule has 0 aliphatic rings. The Morgan fingerprint density at radius 3 is 2.44 bits per heavy atom. The van der Waals surface area contributed by atoms with Crippen LogP contribution in [0.25, 0.3) is 0 Å². The van der Waals surface area contributed by atoms with Crippen LogP contribution in [0, 0.1) is 20.8 Å². The van der Waals surface area contributed by atoms with E-state index in [2.05, 4.69) is 45.1 Å². The van der Waals surface area contributed by atoms with Crippen LogP contribution in [0.4, 0.5) is 0 Å². The summed E-state index contributed by atoms with van der Waals surface area (Å²) in [7, 11) is 0. The minimum absolute atomic E-state index is 0.741. The van der Waals surface area contributed by atoms with Gasteiger partial charge in [0.05, 0.1) is 0 Å². The second kappa shape index (κ2) is 6.54. The van der Waals surface area contributed by atoms with Crippen LogP contribution in [0.2, 0.25) is 0 Å². The highest BCUT2D eigenvalue weighted by molar-refractivity contribution is 5.44. The molecule has 90 valence electrons. The summed E-state index contributed by atoms with van der Waals surface area (Å²) < 4.78 is 5.83. The maximum absolute atomic E-state index is 5.83. The first-order valence-corrected chi connectivity index (χ1v) is 6.07. The molecule has 1 rings (SSSR count). The Morgan fingerprint density at radius 1 is 1.06 bits per heavy atom. The molecular weight excluding hydrogens is 198 g/mol. The van der Waals surface area contributed by atoms with Crippen molar-refractivity contribution in [3.05, 3.63) is 28.8 Å². The summed E-state index contributed by atoms with van der Waals surface area (Å²) in [4.78, 5) is 0. The molecule has 0 fully saturated rings. The summed E-state index contributed by atoms with van der Waals surface area (Å²) in [6.07, 6.45) is 1.17. The van der Waals surface area contributed by atoms with Crippen molar-refractivity contribution in [3.8, 4) is 5.75 Å². The molecule has 2 nitrogen and oxygen atoms in total. The normalized spacial score (nSPS) is 10.5. The fourth-order valence-corrected chi connectivity index (χ4v) is 1.67. The lowest BCUT2D eigenvalue weighted by atomic mass is 10.1. The van der Waals surface area contributed by atoms with Gasteiger partial charge in [0.25, 0.3) is 0 Å². The lowest BCUT2D eigenvalue weighted by Gasteiger charge is -2.14. The SMILES string of the molecule is CCCNCCOc1c(C)ccc(C)c1C. The molecule has 0 saturated carbocycles. The lowest BCUT2D eigenvalue weighted by Crippen LogP contribution is -2.22. The van der Waals surface area contributed by atoms with Gasteiger partial charge in [0.15, 0.2) is 0 Å². The van der Waals surface area contributed by atoms with E-state index in [4.69, 9.17) is 4.74 Å². The highest BCUT2D eigenvalue weighted by Crippen LogP contribution is 2.25.